The van der Waals surface area contributed by atoms with Gasteiger partial charge in [0, 0.05) is 21.4 Å². The third kappa shape index (κ3) is 4.05. The number of carbonyl (C=O) groups is 2. The number of hydrogen-bond donors (Lipinski definition) is 1. The average Bonchev–Trinajstić information content (AvgIpc) is 3.50. The van der Waals surface area contributed by atoms with E-state index in [1.54, 1.807) is 12.1 Å². The number of nitrogens with zero attached hydrogens (tertiary/aromatic N) is 1. The van der Waals surface area contributed by atoms with Crippen LogP contribution in [-0.2, 0) is 0 Å². The van der Waals surface area contributed by atoms with Crippen LogP contribution >= 0.6 is 11.8 Å². The number of para-hydroxylation sites is 2. The zero-order valence-electron chi connectivity index (χ0n) is 18.0. The van der Waals surface area contributed by atoms with Crippen molar-refractivity contribution in [3.8, 4) is 0 Å². The molecule has 5 aromatic rings. The molecule has 0 saturated heterocycles. The van der Waals surface area contributed by atoms with E-state index in [0.29, 0.717) is 12.1 Å². The highest BCUT2D eigenvalue weighted by atomic mass is 32.2. The predicted octanol–water partition coefficient (Wildman–Crippen LogP) is 6.85. The molecule has 6 heteroatoms. The normalized spacial score (nSPS) is 12.2. The van der Waals surface area contributed by atoms with Crippen molar-refractivity contribution in [3.63, 3.8) is 0 Å². The summed E-state index contributed by atoms with van der Waals surface area (Å²) in [6, 6.07) is 26.9. The van der Waals surface area contributed by atoms with E-state index in [0.717, 1.165) is 26.7 Å². The summed E-state index contributed by atoms with van der Waals surface area (Å²) in [5.74, 6) is 0.0275. The zero-order valence-corrected chi connectivity index (χ0v) is 18.8. The molecule has 1 N–H and O–H groups in total. The highest BCUT2D eigenvalue weighted by Crippen LogP contribution is 2.33. The largest absolute Gasteiger partial charge is 0.459 e. The SMILES string of the molecule is CCC(Sc1ccc(NC(=O)c2ccco2)cc1)C(=O)n1c2ccccc2c2ccccc21. The average molecular weight is 455 g/mol. The minimum Gasteiger partial charge on any atom is -0.459 e. The van der Waals surface area contributed by atoms with Crippen molar-refractivity contribution in [2.24, 2.45) is 0 Å². The van der Waals surface area contributed by atoms with Crippen LogP contribution < -0.4 is 5.32 Å². The molecule has 2 heterocycles. The molecule has 2 aromatic heterocycles. The number of amides is 1. The molecule has 0 radical (unpaired) electrons. The number of thioether (sulfide) groups is 1. The molecule has 5 rings (SSSR count). The topological polar surface area (TPSA) is 64.2 Å². The van der Waals surface area contributed by atoms with Crippen LogP contribution in [0.15, 0.2) is 101 Å². The van der Waals surface area contributed by atoms with Gasteiger partial charge in [-0.05, 0) is 55.0 Å². The summed E-state index contributed by atoms with van der Waals surface area (Å²) in [5, 5.41) is 4.73. The Hall–Kier alpha value is -3.77. The number of furan rings is 1. The van der Waals surface area contributed by atoms with Crippen LogP contribution in [-0.4, -0.2) is 21.6 Å². The van der Waals surface area contributed by atoms with Gasteiger partial charge in [0.05, 0.1) is 22.5 Å². The Morgan fingerprint density at radius 1 is 0.879 bits per heavy atom. The quantitative estimate of drug-likeness (QED) is 0.285. The first-order chi connectivity index (χ1) is 16.2. The molecule has 0 saturated carbocycles. The van der Waals surface area contributed by atoms with Gasteiger partial charge in [-0.3, -0.25) is 14.2 Å². The molecular formula is C27H22N2O3S. The Balaban J connectivity index is 1.38. The monoisotopic (exact) mass is 454 g/mol. The van der Waals surface area contributed by atoms with Crippen molar-refractivity contribution in [2.75, 3.05) is 5.32 Å². The lowest BCUT2D eigenvalue weighted by molar-refractivity contribution is 0.0918. The van der Waals surface area contributed by atoms with Gasteiger partial charge in [0.1, 0.15) is 0 Å². The summed E-state index contributed by atoms with van der Waals surface area (Å²) in [5.41, 5.74) is 2.53. The Kier molecular flexibility index (Phi) is 5.75. The molecule has 1 atom stereocenters. The van der Waals surface area contributed by atoms with Gasteiger partial charge in [-0.1, -0.05) is 43.3 Å². The fourth-order valence-electron chi connectivity index (χ4n) is 3.99. The standard InChI is InChI=1S/C27H22N2O3S/c1-2-25(33-19-15-13-18(14-16-19)28-26(30)24-12-7-17-32-24)27(31)29-22-10-5-3-8-20(22)21-9-4-6-11-23(21)29/h3-17,25H,2H2,1H3,(H,28,30). The first kappa shape index (κ1) is 21.1. The molecule has 0 bridgehead atoms. The molecule has 5 nitrogen and oxygen atoms in total. The maximum atomic E-state index is 13.7. The first-order valence-electron chi connectivity index (χ1n) is 10.8. The lowest BCUT2D eigenvalue weighted by atomic mass is 10.2. The minimum absolute atomic E-state index is 0.0649. The Morgan fingerprint density at radius 3 is 2.09 bits per heavy atom. The summed E-state index contributed by atoms with van der Waals surface area (Å²) in [6.45, 7) is 2.03. The van der Waals surface area contributed by atoms with E-state index in [1.165, 1.54) is 18.0 Å². The second kappa shape index (κ2) is 9.00. The van der Waals surface area contributed by atoms with E-state index in [4.69, 9.17) is 4.42 Å². The van der Waals surface area contributed by atoms with Gasteiger partial charge < -0.3 is 9.73 Å². The number of carbonyl (C=O) groups excluding carboxylic acids is 2. The first-order valence-corrected chi connectivity index (χ1v) is 11.7. The van der Waals surface area contributed by atoms with E-state index in [2.05, 4.69) is 17.4 Å². The van der Waals surface area contributed by atoms with Gasteiger partial charge in [-0.15, -0.1) is 11.8 Å². The smallest absolute Gasteiger partial charge is 0.291 e. The second-order valence-corrected chi connectivity index (χ2v) is 8.95. The van der Waals surface area contributed by atoms with E-state index in [9.17, 15) is 9.59 Å². The van der Waals surface area contributed by atoms with Gasteiger partial charge >= 0.3 is 0 Å². The van der Waals surface area contributed by atoms with Crippen molar-refractivity contribution in [1.29, 1.82) is 0 Å². The summed E-state index contributed by atoms with van der Waals surface area (Å²) in [7, 11) is 0. The molecular weight excluding hydrogens is 432 g/mol. The van der Waals surface area contributed by atoms with Gasteiger partial charge in [0.25, 0.3) is 5.91 Å². The van der Waals surface area contributed by atoms with Crippen molar-refractivity contribution in [2.45, 2.75) is 23.5 Å². The fraction of sp³-hybridized carbons (Fsp3) is 0.111. The van der Waals surface area contributed by atoms with Crippen molar-refractivity contribution in [3.05, 3.63) is 97.0 Å². The van der Waals surface area contributed by atoms with Crippen LogP contribution in [0.25, 0.3) is 21.8 Å². The molecule has 164 valence electrons. The van der Waals surface area contributed by atoms with E-state index in [-0.39, 0.29) is 22.8 Å². The number of rotatable bonds is 6. The highest BCUT2D eigenvalue weighted by molar-refractivity contribution is 8.00. The van der Waals surface area contributed by atoms with Crippen LogP contribution in [0.4, 0.5) is 5.69 Å². The Bertz CT molecular complexity index is 1380. The molecule has 33 heavy (non-hydrogen) atoms. The third-order valence-corrected chi connectivity index (χ3v) is 6.95. The van der Waals surface area contributed by atoms with Crippen LogP contribution in [0.3, 0.4) is 0 Å². The molecule has 1 unspecified atom stereocenters. The van der Waals surface area contributed by atoms with E-state index in [1.807, 2.05) is 72.2 Å². The molecule has 1 amide bonds. The summed E-state index contributed by atoms with van der Waals surface area (Å²) < 4.78 is 6.98. The number of aromatic nitrogens is 1. The third-order valence-electron chi connectivity index (χ3n) is 5.58. The maximum Gasteiger partial charge on any atom is 0.291 e. The van der Waals surface area contributed by atoms with Gasteiger partial charge in [-0.25, -0.2) is 0 Å². The molecule has 0 fully saturated rings. The number of nitrogens with one attached hydrogen (secondary N) is 1. The molecule has 0 aliphatic rings. The van der Waals surface area contributed by atoms with Crippen LogP contribution in [0.1, 0.15) is 28.7 Å². The summed E-state index contributed by atoms with van der Waals surface area (Å²) in [6.07, 6.45) is 2.16. The Labute approximate surface area is 195 Å². The predicted molar refractivity (Wildman–Crippen MR) is 133 cm³/mol. The minimum atomic E-state index is -0.298. The lowest BCUT2D eigenvalue weighted by Gasteiger charge is -2.16. The highest BCUT2D eigenvalue weighted by Gasteiger charge is 2.23. The number of fused-ring (bicyclic) bond motifs is 3. The second-order valence-electron chi connectivity index (χ2n) is 7.68. The summed E-state index contributed by atoms with van der Waals surface area (Å²) in [4.78, 5) is 26.8. The van der Waals surface area contributed by atoms with Crippen molar-refractivity contribution in [1.82, 2.24) is 4.57 Å². The molecule has 0 aliphatic heterocycles. The summed E-state index contributed by atoms with van der Waals surface area (Å²) >= 11 is 1.54. The van der Waals surface area contributed by atoms with E-state index >= 15 is 0 Å². The van der Waals surface area contributed by atoms with Gasteiger partial charge in [0.2, 0.25) is 5.91 Å². The molecule has 3 aromatic carbocycles. The van der Waals surface area contributed by atoms with Crippen LogP contribution in [0.2, 0.25) is 0 Å². The molecule has 0 spiro atoms. The van der Waals surface area contributed by atoms with Crippen LogP contribution in [0, 0.1) is 0 Å². The maximum absolute atomic E-state index is 13.7. The number of benzene rings is 3. The van der Waals surface area contributed by atoms with Gasteiger partial charge in [-0.2, -0.15) is 0 Å². The molecule has 0 aliphatic carbocycles. The Morgan fingerprint density at radius 2 is 1.52 bits per heavy atom. The fourth-order valence-corrected chi connectivity index (χ4v) is 4.99. The lowest BCUT2D eigenvalue weighted by Crippen LogP contribution is -2.23. The van der Waals surface area contributed by atoms with Crippen LogP contribution in [0.5, 0.6) is 0 Å². The zero-order chi connectivity index (χ0) is 22.8. The van der Waals surface area contributed by atoms with E-state index < -0.39 is 0 Å². The number of hydrogen-bond acceptors (Lipinski definition) is 4. The van der Waals surface area contributed by atoms with Crippen molar-refractivity contribution >= 4 is 51.1 Å². The number of anilines is 1. The van der Waals surface area contributed by atoms with Gasteiger partial charge in [0.15, 0.2) is 5.76 Å². The van der Waals surface area contributed by atoms with Crippen molar-refractivity contribution < 1.29 is 14.0 Å².